The smallest absolute Gasteiger partial charge is 0.127 e. The summed E-state index contributed by atoms with van der Waals surface area (Å²) in [7, 11) is 0. The van der Waals surface area contributed by atoms with Crippen LogP contribution in [0, 0.1) is 0 Å². The molecule has 1 unspecified atom stereocenters. The van der Waals surface area contributed by atoms with Gasteiger partial charge in [-0.25, -0.2) is 0 Å². The normalized spacial score (nSPS) is 24.0. The summed E-state index contributed by atoms with van der Waals surface area (Å²) in [6.45, 7) is 11.3. The summed E-state index contributed by atoms with van der Waals surface area (Å²) in [4.78, 5) is 0. The molecular weight excluding hydrogens is 288 g/mol. The van der Waals surface area contributed by atoms with E-state index in [-0.39, 0.29) is 11.2 Å². The van der Waals surface area contributed by atoms with Crippen molar-refractivity contribution in [1.82, 2.24) is 0 Å². The minimum absolute atomic E-state index is 0.0922. The number of hydrogen-bond acceptors (Lipinski definition) is 3. The lowest BCUT2D eigenvalue weighted by Gasteiger charge is -2.16. The molecule has 0 spiro atoms. The Morgan fingerprint density at radius 1 is 1.30 bits per heavy atom. The van der Waals surface area contributed by atoms with Gasteiger partial charge in [0.1, 0.15) is 23.7 Å². The summed E-state index contributed by atoms with van der Waals surface area (Å²) in [6, 6.07) is 6.16. The number of benzene rings is 1. The maximum atomic E-state index is 5.94. The summed E-state index contributed by atoms with van der Waals surface area (Å²) in [6.07, 6.45) is 5.70. The van der Waals surface area contributed by atoms with Crippen LogP contribution < -0.4 is 9.47 Å². The Bertz CT molecular complexity index is 613. The molecule has 126 valence electrons. The molecule has 1 aromatic carbocycles. The van der Waals surface area contributed by atoms with Crippen LogP contribution in [0.5, 0.6) is 11.5 Å². The van der Waals surface area contributed by atoms with Gasteiger partial charge in [0.25, 0.3) is 0 Å². The molecule has 1 saturated heterocycles. The standard InChI is InChI=1S/C20H28O3/c1-14(6-9-18-20(4,5)23-18)10-11-21-16-8-7-15-13-19(2,3)22-17(15)12-16/h7-8,10,12,18H,6,9,11,13H2,1-5H3. The van der Waals surface area contributed by atoms with Gasteiger partial charge in [-0.3, -0.25) is 0 Å². The molecule has 3 nitrogen and oxygen atoms in total. The third-order valence-corrected chi connectivity index (χ3v) is 4.69. The fourth-order valence-corrected chi connectivity index (χ4v) is 3.14. The van der Waals surface area contributed by atoms with Gasteiger partial charge in [-0.05, 0) is 65.2 Å². The zero-order chi connectivity index (χ0) is 16.7. The van der Waals surface area contributed by atoms with Gasteiger partial charge < -0.3 is 14.2 Å². The van der Waals surface area contributed by atoms with Gasteiger partial charge in [0.05, 0.1) is 11.7 Å². The Morgan fingerprint density at radius 2 is 2.04 bits per heavy atom. The molecule has 0 aliphatic carbocycles. The highest BCUT2D eigenvalue weighted by molar-refractivity contribution is 5.44. The van der Waals surface area contributed by atoms with Gasteiger partial charge in [0.2, 0.25) is 0 Å². The highest BCUT2D eigenvalue weighted by Gasteiger charge is 2.46. The van der Waals surface area contributed by atoms with Crippen molar-refractivity contribution in [1.29, 1.82) is 0 Å². The van der Waals surface area contributed by atoms with Crippen LogP contribution >= 0.6 is 0 Å². The molecule has 0 aromatic heterocycles. The van der Waals surface area contributed by atoms with Gasteiger partial charge in [-0.2, -0.15) is 0 Å². The Balaban J connectivity index is 1.46. The molecule has 0 N–H and O–H groups in total. The zero-order valence-corrected chi connectivity index (χ0v) is 14.9. The lowest BCUT2D eigenvalue weighted by molar-refractivity contribution is 0.138. The second kappa shape index (κ2) is 5.86. The Hall–Kier alpha value is -1.48. The first kappa shape index (κ1) is 16.4. The van der Waals surface area contributed by atoms with Crippen LogP contribution in [0.3, 0.4) is 0 Å². The quantitative estimate of drug-likeness (QED) is 0.564. The van der Waals surface area contributed by atoms with Crippen molar-refractivity contribution in [3.05, 3.63) is 35.4 Å². The summed E-state index contributed by atoms with van der Waals surface area (Å²) >= 11 is 0. The maximum absolute atomic E-state index is 5.94. The number of ether oxygens (including phenoxy) is 3. The number of rotatable bonds is 6. The molecule has 1 fully saturated rings. The van der Waals surface area contributed by atoms with E-state index >= 15 is 0 Å². The highest BCUT2D eigenvalue weighted by Crippen LogP contribution is 2.39. The molecule has 3 rings (SSSR count). The molecule has 2 aliphatic heterocycles. The van der Waals surface area contributed by atoms with Crippen LogP contribution in [0.4, 0.5) is 0 Å². The minimum Gasteiger partial charge on any atom is -0.489 e. The maximum Gasteiger partial charge on any atom is 0.127 e. The van der Waals surface area contributed by atoms with Crippen molar-refractivity contribution in [2.75, 3.05) is 6.61 Å². The van der Waals surface area contributed by atoms with Gasteiger partial charge in [-0.15, -0.1) is 0 Å². The average Bonchev–Trinajstić information content (AvgIpc) is 2.93. The van der Waals surface area contributed by atoms with E-state index in [1.165, 1.54) is 11.1 Å². The molecule has 0 bridgehead atoms. The fraction of sp³-hybridized carbons (Fsp3) is 0.600. The molecular formula is C20H28O3. The van der Waals surface area contributed by atoms with E-state index in [0.29, 0.717) is 12.7 Å². The number of allylic oxidation sites excluding steroid dienone is 1. The van der Waals surface area contributed by atoms with Crippen LogP contribution in [-0.2, 0) is 11.2 Å². The number of epoxide rings is 1. The van der Waals surface area contributed by atoms with Crippen LogP contribution in [-0.4, -0.2) is 23.9 Å². The predicted molar refractivity (Wildman–Crippen MR) is 92.3 cm³/mol. The van der Waals surface area contributed by atoms with Gasteiger partial charge in [-0.1, -0.05) is 11.6 Å². The van der Waals surface area contributed by atoms with E-state index < -0.39 is 0 Å². The summed E-state index contributed by atoms with van der Waals surface area (Å²) < 4.78 is 17.4. The molecule has 1 atom stereocenters. The molecule has 23 heavy (non-hydrogen) atoms. The first-order valence-electron chi connectivity index (χ1n) is 8.53. The lowest BCUT2D eigenvalue weighted by Crippen LogP contribution is -2.24. The van der Waals surface area contributed by atoms with Crippen molar-refractivity contribution in [3.63, 3.8) is 0 Å². The van der Waals surface area contributed by atoms with Crippen LogP contribution in [0.2, 0.25) is 0 Å². The van der Waals surface area contributed by atoms with Crippen molar-refractivity contribution in [2.45, 2.75) is 71.2 Å². The van der Waals surface area contributed by atoms with Crippen molar-refractivity contribution >= 4 is 0 Å². The summed E-state index contributed by atoms with van der Waals surface area (Å²) in [5.74, 6) is 1.83. The monoisotopic (exact) mass is 316 g/mol. The molecule has 3 heteroatoms. The van der Waals surface area contributed by atoms with Crippen LogP contribution in [0.15, 0.2) is 29.8 Å². The fourth-order valence-electron chi connectivity index (χ4n) is 3.14. The largest absolute Gasteiger partial charge is 0.489 e. The lowest BCUT2D eigenvalue weighted by atomic mass is 10.0. The third-order valence-electron chi connectivity index (χ3n) is 4.69. The second-order valence-corrected chi connectivity index (χ2v) is 7.92. The zero-order valence-electron chi connectivity index (χ0n) is 14.9. The minimum atomic E-state index is -0.101. The second-order valence-electron chi connectivity index (χ2n) is 7.92. The highest BCUT2D eigenvalue weighted by atomic mass is 16.6. The van der Waals surface area contributed by atoms with Crippen molar-refractivity contribution < 1.29 is 14.2 Å². The van der Waals surface area contributed by atoms with E-state index in [1.807, 2.05) is 12.1 Å². The van der Waals surface area contributed by atoms with Crippen molar-refractivity contribution in [3.8, 4) is 11.5 Å². The summed E-state index contributed by atoms with van der Waals surface area (Å²) in [5, 5.41) is 0. The SMILES string of the molecule is CC(=CCOc1ccc2c(c1)OC(C)(C)C2)CCC1OC1(C)C. The molecule has 0 amide bonds. The third kappa shape index (κ3) is 4.08. The predicted octanol–water partition coefficient (Wildman–Crippen LogP) is 4.68. The Kier molecular flexibility index (Phi) is 4.18. The van der Waals surface area contributed by atoms with Crippen LogP contribution in [0.25, 0.3) is 0 Å². The first-order valence-corrected chi connectivity index (χ1v) is 8.53. The van der Waals surface area contributed by atoms with E-state index in [2.05, 4.69) is 46.8 Å². The van der Waals surface area contributed by atoms with Crippen molar-refractivity contribution in [2.24, 2.45) is 0 Å². The van der Waals surface area contributed by atoms with Gasteiger partial charge in [0.15, 0.2) is 0 Å². The van der Waals surface area contributed by atoms with E-state index in [1.54, 1.807) is 0 Å². The molecule has 2 aliphatic rings. The van der Waals surface area contributed by atoms with Crippen LogP contribution in [0.1, 0.15) is 53.0 Å². The molecule has 0 radical (unpaired) electrons. The number of fused-ring (bicyclic) bond motifs is 1. The first-order chi connectivity index (χ1) is 10.8. The average molecular weight is 316 g/mol. The summed E-state index contributed by atoms with van der Waals surface area (Å²) in [5.41, 5.74) is 2.61. The van der Waals surface area contributed by atoms with E-state index in [4.69, 9.17) is 14.2 Å². The topological polar surface area (TPSA) is 31.0 Å². The number of hydrogen-bond donors (Lipinski definition) is 0. The Morgan fingerprint density at radius 3 is 2.74 bits per heavy atom. The molecule has 0 saturated carbocycles. The Labute approximate surface area is 139 Å². The molecule has 1 aromatic rings. The van der Waals surface area contributed by atoms with Gasteiger partial charge >= 0.3 is 0 Å². The van der Waals surface area contributed by atoms with E-state index in [9.17, 15) is 0 Å². The van der Waals surface area contributed by atoms with Gasteiger partial charge in [0, 0.05) is 12.5 Å². The van der Waals surface area contributed by atoms with E-state index in [0.717, 1.165) is 30.8 Å². The molecule has 2 heterocycles.